The number of hydrogen-bond donors (Lipinski definition) is 3. The van der Waals surface area contributed by atoms with E-state index in [2.05, 4.69) is 4.52 Å². The Morgan fingerprint density at radius 1 is 1.62 bits per heavy atom. The molecule has 0 saturated carbocycles. The topological polar surface area (TPSA) is 87.0 Å². The van der Waals surface area contributed by atoms with Gasteiger partial charge in [0.25, 0.3) is 0 Å². The average molecular weight is 142 g/mol. The van der Waals surface area contributed by atoms with E-state index in [1.165, 1.54) is 0 Å². The molecule has 5 nitrogen and oxygen atoms in total. The van der Waals surface area contributed by atoms with Crippen LogP contribution in [0.4, 0.5) is 4.79 Å². The second-order valence-corrected chi connectivity index (χ2v) is 3.17. The molecular weight excluding hydrogens is 135 g/mol. The van der Waals surface area contributed by atoms with Crippen LogP contribution in [0.25, 0.3) is 0 Å². The van der Waals surface area contributed by atoms with Crippen molar-refractivity contribution in [1.82, 2.24) is 0 Å². The van der Waals surface area contributed by atoms with Gasteiger partial charge in [-0.25, -0.2) is 0 Å². The molecule has 0 spiro atoms. The molecule has 0 aliphatic heterocycles. The van der Waals surface area contributed by atoms with Gasteiger partial charge in [0, 0.05) is 0 Å². The van der Waals surface area contributed by atoms with Gasteiger partial charge in [0.2, 0.25) is 0 Å². The Bertz CT molecular complexity index is 98.6. The minimum atomic E-state index is -4.34. The van der Waals surface area contributed by atoms with Crippen molar-refractivity contribution < 1.29 is 24.2 Å². The number of hydrogen-bond acceptors (Lipinski definition) is 4. The minimum absolute atomic E-state index is 0.931. The third-order valence-corrected chi connectivity index (χ3v) is 1.69. The number of carbonyl (C=O) groups is 1. The quantitative estimate of drug-likeness (QED) is 0.464. The van der Waals surface area contributed by atoms with Crippen molar-refractivity contribution in [3.8, 4) is 0 Å². The Kier molecular flexibility index (Phi) is 2.30. The van der Waals surface area contributed by atoms with Crippen LogP contribution in [0.5, 0.6) is 0 Å². The summed E-state index contributed by atoms with van der Waals surface area (Å²) in [6, 6.07) is 0. The number of carboxylic acid groups (broad SMARTS) is 1. The van der Waals surface area contributed by atoms with Crippen LogP contribution in [0.1, 0.15) is 0 Å². The second kappa shape index (κ2) is 2.37. The van der Waals surface area contributed by atoms with E-state index in [4.69, 9.17) is 14.9 Å². The Labute approximate surface area is 46.1 Å². The molecule has 0 radical (unpaired) electrons. The first kappa shape index (κ1) is 7.78. The van der Waals surface area contributed by atoms with Crippen LogP contribution in [-0.4, -0.2) is 27.7 Å². The van der Waals surface area contributed by atoms with Crippen molar-refractivity contribution >= 4 is 13.7 Å². The van der Waals surface area contributed by atoms with Gasteiger partial charge in [0.15, 0.2) is 0 Å². The standard InChI is InChI=1S/C2H7O5P/c1-7-8(5,6)2(3)4/h5-6,8H,1H3,(H,3,4). The summed E-state index contributed by atoms with van der Waals surface area (Å²) in [5.41, 5.74) is -1.69. The van der Waals surface area contributed by atoms with Gasteiger partial charge in [-0.05, 0) is 0 Å². The molecule has 8 heavy (non-hydrogen) atoms. The van der Waals surface area contributed by atoms with Gasteiger partial charge in [-0.2, -0.15) is 0 Å². The van der Waals surface area contributed by atoms with Gasteiger partial charge in [-0.3, -0.25) is 0 Å². The predicted molar refractivity (Wildman–Crippen MR) is 27.8 cm³/mol. The third-order valence-electron chi connectivity index (χ3n) is 0.563. The summed E-state index contributed by atoms with van der Waals surface area (Å²) >= 11 is 0. The average Bonchev–Trinajstić information content (AvgIpc) is 1.67. The monoisotopic (exact) mass is 142 g/mol. The predicted octanol–water partition coefficient (Wildman–Crippen LogP) is -0.210. The van der Waals surface area contributed by atoms with E-state index in [1.807, 2.05) is 0 Å². The van der Waals surface area contributed by atoms with E-state index in [9.17, 15) is 4.79 Å². The maximum absolute atomic E-state index is 9.69. The maximum atomic E-state index is 9.69. The Morgan fingerprint density at radius 2 is 2.00 bits per heavy atom. The molecule has 0 aromatic rings. The van der Waals surface area contributed by atoms with Crippen molar-refractivity contribution in [1.29, 1.82) is 0 Å². The molecule has 0 atom stereocenters. The third kappa shape index (κ3) is 1.71. The first-order valence-electron chi connectivity index (χ1n) is 1.74. The first-order valence-corrected chi connectivity index (χ1v) is 3.54. The first-order chi connectivity index (χ1) is 3.50. The molecule has 0 fully saturated rings. The molecule has 0 amide bonds. The van der Waals surface area contributed by atoms with Gasteiger partial charge in [-0.1, -0.05) is 0 Å². The molecule has 0 heterocycles. The molecule has 0 aromatic carbocycles. The van der Waals surface area contributed by atoms with E-state index in [-0.39, 0.29) is 0 Å². The van der Waals surface area contributed by atoms with Crippen LogP contribution < -0.4 is 0 Å². The van der Waals surface area contributed by atoms with Gasteiger partial charge < -0.3 is 0 Å². The molecular formula is C2H7O5P. The number of rotatable bonds is 2. The molecule has 0 bridgehead atoms. The van der Waals surface area contributed by atoms with Crippen molar-refractivity contribution in [2.75, 3.05) is 7.11 Å². The van der Waals surface area contributed by atoms with Crippen LogP contribution in [-0.2, 0) is 4.52 Å². The van der Waals surface area contributed by atoms with Gasteiger partial charge in [0.05, 0.1) is 0 Å². The van der Waals surface area contributed by atoms with Crippen LogP contribution in [0.15, 0.2) is 0 Å². The van der Waals surface area contributed by atoms with Crippen molar-refractivity contribution in [2.24, 2.45) is 0 Å². The Hall–Kier alpha value is -0.220. The fourth-order valence-corrected chi connectivity index (χ4v) is 0.262. The zero-order chi connectivity index (χ0) is 6.78. The molecule has 0 unspecified atom stereocenters. The molecule has 6 heteroatoms. The van der Waals surface area contributed by atoms with Crippen LogP contribution in [0.3, 0.4) is 0 Å². The Balaban J connectivity index is 3.91. The summed E-state index contributed by atoms with van der Waals surface area (Å²) in [4.78, 5) is 26.2. The molecule has 3 N–H and O–H groups in total. The summed E-state index contributed by atoms with van der Waals surface area (Å²) in [5, 5.41) is 7.88. The van der Waals surface area contributed by atoms with Gasteiger partial charge >= 0.3 is 45.0 Å². The van der Waals surface area contributed by atoms with E-state index in [1.54, 1.807) is 0 Å². The summed E-state index contributed by atoms with van der Waals surface area (Å²) in [5.74, 6) is 0. The van der Waals surface area contributed by atoms with Crippen molar-refractivity contribution in [2.45, 2.75) is 0 Å². The molecule has 0 aromatic heterocycles. The molecule has 0 aliphatic rings. The molecule has 50 valence electrons. The van der Waals surface area contributed by atoms with Crippen LogP contribution in [0.2, 0.25) is 0 Å². The normalized spacial score (nSPS) is 13.4. The van der Waals surface area contributed by atoms with E-state index in [0.717, 1.165) is 7.11 Å². The van der Waals surface area contributed by atoms with Crippen molar-refractivity contribution in [3.05, 3.63) is 0 Å². The Morgan fingerprint density at radius 3 is 2.00 bits per heavy atom. The summed E-state index contributed by atoms with van der Waals surface area (Å²) in [7, 11) is -3.41. The van der Waals surface area contributed by atoms with Gasteiger partial charge in [0.1, 0.15) is 0 Å². The molecule has 0 saturated heterocycles. The van der Waals surface area contributed by atoms with Crippen LogP contribution >= 0.6 is 7.94 Å². The van der Waals surface area contributed by atoms with E-state index in [0.29, 0.717) is 0 Å². The van der Waals surface area contributed by atoms with E-state index >= 15 is 0 Å². The fourth-order valence-electron chi connectivity index (χ4n) is 0.0873. The van der Waals surface area contributed by atoms with Gasteiger partial charge in [-0.15, -0.1) is 0 Å². The van der Waals surface area contributed by atoms with Crippen LogP contribution in [0, 0.1) is 0 Å². The summed E-state index contributed by atoms with van der Waals surface area (Å²) in [6.07, 6.45) is 0. The van der Waals surface area contributed by atoms with E-state index < -0.39 is 13.7 Å². The zero-order valence-corrected chi connectivity index (χ0v) is 5.16. The van der Waals surface area contributed by atoms with Crippen molar-refractivity contribution in [3.63, 3.8) is 0 Å². The molecule has 0 aliphatic carbocycles. The molecule has 0 rings (SSSR count). The zero-order valence-electron chi connectivity index (χ0n) is 4.16. The second-order valence-electron chi connectivity index (χ2n) is 1.12. The summed E-state index contributed by atoms with van der Waals surface area (Å²) < 4.78 is 3.85. The summed E-state index contributed by atoms with van der Waals surface area (Å²) in [6.45, 7) is 0. The SMILES string of the molecule is CO[PH](O)(O)C(=O)O. The fraction of sp³-hybridized carbons (Fsp3) is 0.500.